The van der Waals surface area contributed by atoms with Gasteiger partial charge in [0.15, 0.2) is 23.0 Å². The maximum absolute atomic E-state index is 12.3. The third kappa shape index (κ3) is 13.8. The highest BCUT2D eigenvalue weighted by atomic mass is 16.6. The van der Waals surface area contributed by atoms with Crippen LogP contribution in [0.4, 0.5) is 0 Å². The maximum atomic E-state index is 12.3. The van der Waals surface area contributed by atoms with Gasteiger partial charge in [-0.25, -0.2) is 26.3 Å². The smallest absolute Gasteiger partial charge is 0.343 e. The van der Waals surface area contributed by atoms with E-state index in [1.165, 1.54) is 33.6 Å². The second kappa shape index (κ2) is 20.7. The Morgan fingerprint density at radius 2 is 1.02 bits per heavy atom. The number of carbonyl (C=O) groups is 5. The molecule has 0 aliphatic rings. The number of aryl methyl sites for hydroxylation is 2. The van der Waals surface area contributed by atoms with Crippen LogP contribution in [0.15, 0.2) is 95.1 Å². The fraction of sp³-hybridized carbons (Fsp3) is 0.184. The molecule has 0 saturated heterocycles. The van der Waals surface area contributed by atoms with Gasteiger partial charge in [0.2, 0.25) is 17.7 Å². The SMILES string of the molecule is COc1cc(/C=N/NC(=O)CCC(=O)NN)ccc1OC(=O)c1ccc(C)cc1.COc1cc(/C=N/NC(C)=O)ccc1OC(=O)c1ccc(C)cc1. The van der Waals surface area contributed by atoms with Gasteiger partial charge in [-0.15, -0.1) is 0 Å². The van der Waals surface area contributed by atoms with Crippen molar-refractivity contribution >= 4 is 42.1 Å². The van der Waals surface area contributed by atoms with E-state index in [9.17, 15) is 24.0 Å². The molecule has 4 aromatic rings. The summed E-state index contributed by atoms with van der Waals surface area (Å²) < 4.78 is 21.3. The van der Waals surface area contributed by atoms with Crippen molar-refractivity contribution in [2.45, 2.75) is 33.6 Å². The van der Waals surface area contributed by atoms with E-state index in [0.717, 1.165) is 11.1 Å². The van der Waals surface area contributed by atoms with E-state index in [0.29, 0.717) is 39.5 Å². The quantitative estimate of drug-likeness (QED) is 0.0387. The molecule has 0 spiro atoms. The molecule has 0 bridgehead atoms. The number of ether oxygens (including phenoxy) is 4. The number of amides is 3. The molecule has 4 aromatic carbocycles. The van der Waals surface area contributed by atoms with Crippen LogP contribution in [0.1, 0.15) is 62.7 Å². The van der Waals surface area contributed by atoms with Crippen molar-refractivity contribution < 1.29 is 42.9 Å². The highest BCUT2D eigenvalue weighted by molar-refractivity contribution is 5.92. The number of nitrogens with one attached hydrogen (secondary N) is 3. The summed E-state index contributed by atoms with van der Waals surface area (Å²) in [5, 5.41) is 7.59. The van der Waals surface area contributed by atoms with Crippen molar-refractivity contribution in [1.82, 2.24) is 16.3 Å². The first-order chi connectivity index (χ1) is 25.4. The Kier molecular flexibility index (Phi) is 15.9. The largest absolute Gasteiger partial charge is 0.493 e. The van der Waals surface area contributed by atoms with Gasteiger partial charge >= 0.3 is 11.9 Å². The summed E-state index contributed by atoms with van der Waals surface area (Å²) in [7, 11) is 2.93. The van der Waals surface area contributed by atoms with Crippen molar-refractivity contribution in [2.75, 3.05) is 14.2 Å². The third-order valence-corrected chi connectivity index (χ3v) is 6.93. The molecule has 0 atom stereocenters. The minimum atomic E-state index is -0.501. The molecular weight excluding hydrogens is 684 g/mol. The van der Waals surface area contributed by atoms with Crippen molar-refractivity contribution in [3.63, 3.8) is 0 Å². The Bertz CT molecular complexity index is 1960. The summed E-state index contributed by atoms with van der Waals surface area (Å²) in [5.41, 5.74) is 10.8. The molecule has 0 heterocycles. The Hall–Kier alpha value is -6.87. The average Bonchev–Trinajstić information content (AvgIpc) is 3.15. The number of benzene rings is 4. The summed E-state index contributed by atoms with van der Waals surface area (Å²) in [5.74, 6) is 4.13. The van der Waals surface area contributed by atoms with Crippen LogP contribution in [-0.2, 0) is 14.4 Å². The molecule has 0 aliphatic heterocycles. The van der Waals surface area contributed by atoms with Gasteiger partial charge in [0.1, 0.15) is 0 Å². The Balaban J connectivity index is 0.000000290. The van der Waals surface area contributed by atoms with E-state index in [2.05, 4.69) is 21.1 Å². The zero-order valence-electron chi connectivity index (χ0n) is 29.8. The van der Waals surface area contributed by atoms with Gasteiger partial charge in [0.25, 0.3) is 0 Å². The second-order valence-corrected chi connectivity index (χ2v) is 11.1. The predicted molar refractivity (Wildman–Crippen MR) is 197 cm³/mol. The number of nitrogens with two attached hydrogens (primary N) is 1. The summed E-state index contributed by atoms with van der Waals surface area (Å²) >= 11 is 0. The standard InChI is InChI=1S/C20H22N4O5.C18H18N2O4/c1-13-3-6-15(7-4-13)20(27)29-16-8-5-14(11-17(16)28-2)12-22-24-19(26)10-9-18(25)23-21;1-12-4-7-15(8-5-12)18(22)24-16-9-6-14(10-17(16)23-3)11-19-20-13(2)21/h3-8,11-12H,9-10,21H2,1-2H3,(H,23,25)(H,24,26);4-11H,1-3H3,(H,20,21)/b22-12+;19-11+. The number of hydrazine groups is 1. The first-order valence-corrected chi connectivity index (χ1v) is 16.0. The fourth-order valence-electron chi connectivity index (χ4n) is 4.13. The van der Waals surface area contributed by atoms with E-state index in [4.69, 9.17) is 24.8 Å². The third-order valence-electron chi connectivity index (χ3n) is 6.93. The minimum absolute atomic E-state index is 0.0350. The van der Waals surface area contributed by atoms with Crippen molar-refractivity contribution in [3.05, 3.63) is 118 Å². The molecule has 0 aliphatic carbocycles. The lowest BCUT2D eigenvalue weighted by atomic mass is 10.1. The minimum Gasteiger partial charge on any atom is -0.493 e. The van der Waals surface area contributed by atoms with Crippen LogP contribution in [0.3, 0.4) is 0 Å². The zero-order chi connectivity index (χ0) is 38.8. The molecular formula is C38H40N6O9. The number of carbonyl (C=O) groups excluding carboxylic acids is 5. The van der Waals surface area contributed by atoms with Crippen LogP contribution < -0.4 is 41.1 Å². The maximum Gasteiger partial charge on any atom is 0.343 e. The number of hydrogen-bond acceptors (Lipinski definition) is 12. The van der Waals surface area contributed by atoms with Crippen molar-refractivity contribution in [3.8, 4) is 23.0 Å². The first kappa shape index (κ1) is 40.6. The molecule has 0 fully saturated rings. The topological polar surface area (TPSA) is 209 Å². The normalized spacial score (nSPS) is 10.5. The lowest BCUT2D eigenvalue weighted by Crippen LogP contribution is -2.31. The fourth-order valence-corrected chi connectivity index (χ4v) is 4.13. The van der Waals surface area contributed by atoms with Crippen LogP contribution in [0.25, 0.3) is 0 Å². The van der Waals surface area contributed by atoms with Crippen LogP contribution in [0, 0.1) is 13.8 Å². The molecule has 3 amide bonds. The summed E-state index contributed by atoms with van der Waals surface area (Å²) in [6, 6.07) is 23.9. The number of hydrazone groups is 2. The molecule has 53 heavy (non-hydrogen) atoms. The summed E-state index contributed by atoms with van der Waals surface area (Å²) in [6.45, 7) is 5.24. The van der Waals surface area contributed by atoms with Gasteiger partial charge in [-0.1, -0.05) is 35.4 Å². The molecule has 276 valence electrons. The summed E-state index contributed by atoms with van der Waals surface area (Å²) in [4.78, 5) is 57.8. The van der Waals surface area contributed by atoms with Crippen LogP contribution in [0.5, 0.6) is 23.0 Å². The predicted octanol–water partition coefficient (Wildman–Crippen LogP) is 4.14. The Labute approximate surface area is 306 Å². The summed E-state index contributed by atoms with van der Waals surface area (Å²) in [6.07, 6.45) is 2.79. The zero-order valence-corrected chi connectivity index (χ0v) is 29.8. The van der Waals surface area contributed by atoms with Gasteiger partial charge in [0.05, 0.1) is 37.8 Å². The van der Waals surface area contributed by atoms with Gasteiger partial charge in [-0.3, -0.25) is 19.8 Å². The van der Waals surface area contributed by atoms with E-state index in [1.807, 2.05) is 43.5 Å². The molecule has 4 rings (SSSR count). The highest BCUT2D eigenvalue weighted by Gasteiger charge is 2.14. The second-order valence-electron chi connectivity index (χ2n) is 11.1. The molecule has 0 unspecified atom stereocenters. The van der Waals surface area contributed by atoms with E-state index in [-0.39, 0.29) is 24.5 Å². The Morgan fingerprint density at radius 1 is 0.604 bits per heavy atom. The Morgan fingerprint density at radius 3 is 1.42 bits per heavy atom. The van der Waals surface area contributed by atoms with Crippen LogP contribution in [0.2, 0.25) is 0 Å². The molecule has 5 N–H and O–H groups in total. The van der Waals surface area contributed by atoms with Gasteiger partial charge in [0, 0.05) is 19.8 Å². The molecule has 0 saturated carbocycles. The highest BCUT2D eigenvalue weighted by Crippen LogP contribution is 2.29. The molecule has 15 heteroatoms. The molecule has 0 radical (unpaired) electrons. The lowest BCUT2D eigenvalue weighted by molar-refractivity contribution is -0.126. The van der Waals surface area contributed by atoms with E-state index < -0.39 is 23.8 Å². The lowest BCUT2D eigenvalue weighted by Gasteiger charge is -2.10. The van der Waals surface area contributed by atoms with E-state index in [1.54, 1.807) is 60.7 Å². The van der Waals surface area contributed by atoms with Crippen molar-refractivity contribution in [1.29, 1.82) is 0 Å². The van der Waals surface area contributed by atoms with Crippen LogP contribution in [-0.4, -0.2) is 56.3 Å². The van der Waals surface area contributed by atoms with E-state index >= 15 is 0 Å². The number of rotatable bonds is 13. The number of hydrogen-bond donors (Lipinski definition) is 4. The monoisotopic (exact) mass is 724 g/mol. The van der Waals surface area contributed by atoms with Crippen molar-refractivity contribution in [2.24, 2.45) is 16.0 Å². The molecule has 0 aromatic heterocycles. The van der Waals surface area contributed by atoms with Gasteiger partial charge in [-0.2, -0.15) is 10.2 Å². The first-order valence-electron chi connectivity index (χ1n) is 16.0. The number of methoxy groups -OCH3 is 2. The number of esters is 2. The van der Waals surface area contributed by atoms with Gasteiger partial charge in [-0.05, 0) is 85.6 Å². The number of nitrogens with zero attached hydrogens (tertiary/aromatic N) is 2. The van der Waals surface area contributed by atoms with Crippen LogP contribution >= 0.6 is 0 Å². The average molecular weight is 725 g/mol. The van der Waals surface area contributed by atoms with Gasteiger partial charge < -0.3 is 18.9 Å². The molecule has 15 nitrogen and oxygen atoms in total.